The number of carbonyl (C=O) groups excluding carboxylic acids is 1. The number of carboxylic acids is 1. The fraction of sp³-hybridized carbons (Fsp3) is 0.273. The Morgan fingerprint density at radius 1 is 1.31 bits per heavy atom. The zero-order valence-corrected chi connectivity index (χ0v) is 9.24. The van der Waals surface area contributed by atoms with Crippen LogP contribution in [0.3, 0.4) is 0 Å². The predicted octanol–water partition coefficient (Wildman–Crippen LogP) is 1.71. The molecule has 0 saturated heterocycles. The number of carboxylic acid groups (broad SMARTS) is 1. The Morgan fingerprint density at radius 3 is 2.62 bits per heavy atom. The first-order valence-electron chi connectivity index (χ1n) is 4.68. The second-order valence-corrected chi connectivity index (χ2v) is 3.33. The molecule has 0 amide bonds. The van der Waals surface area contributed by atoms with Crippen molar-refractivity contribution in [1.29, 1.82) is 0 Å². The smallest absolute Gasteiger partial charge is 0.335 e. The molecule has 0 aliphatic rings. The van der Waals surface area contributed by atoms with E-state index in [1.807, 2.05) is 0 Å². The molecule has 0 bridgehead atoms. The summed E-state index contributed by atoms with van der Waals surface area (Å²) in [5, 5.41) is 8.89. The first-order valence-corrected chi connectivity index (χ1v) is 5.21. The summed E-state index contributed by atoms with van der Waals surface area (Å²) in [6.07, 6.45) is 0.366. The first-order chi connectivity index (χ1) is 7.65. The second kappa shape index (κ2) is 6.12. The summed E-state index contributed by atoms with van der Waals surface area (Å²) in [4.78, 5) is 21.6. The monoisotopic (exact) mass is 242 g/mol. The van der Waals surface area contributed by atoms with E-state index in [-0.39, 0.29) is 18.1 Å². The quantitative estimate of drug-likeness (QED) is 0.631. The standard InChI is InChI=1S/C11H11ClO4/c12-7-10(13)16-6-5-8-3-1-2-4-9(8)11(14)15/h1-4H,5-7H2,(H,14,15). The van der Waals surface area contributed by atoms with E-state index < -0.39 is 11.9 Å². The van der Waals surface area contributed by atoms with Crippen molar-refractivity contribution in [3.63, 3.8) is 0 Å². The molecule has 0 unspecified atom stereocenters. The molecule has 0 aliphatic carbocycles. The Balaban J connectivity index is 2.60. The van der Waals surface area contributed by atoms with Crippen LogP contribution in [0.5, 0.6) is 0 Å². The maximum Gasteiger partial charge on any atom is 0.335 e. The summed E-state index contributed by atoms with van der Waals surface area (Å²) >= 11 is 5.25. The first kappa shape index (κ1) is 12.5. The molecular formula is C11H11ClO4. The lowest BCUT2D eigenvalue weighted by Crippen LogP contribution is -2.10. The van der Waals surface area contributed by atoms with E-state index in [0.29, 0.717) is 12.0 Å². The van der Waals surface area contributed by atoms with Gasteiger partial charge in [0.05, 0.1) is 12.2 Å². The third-order valence-electron chi connectivity index (χ3n) is 1.99. The molecule has 5 heteroatoms. The normalized spacial score (nSPS) is 9.81. The summed E-state index contributed by atoms with van der Waals surface area (Å²) in [7, 11) is 0. The molecule has 0 saturated carbocycles. The number of esters is 1. The van der Waals surface area contributed by atoms with Crippen molar-refractivity contribution >= 4 is 23.5 Å². The van der Waals surface area contributed by atoms with Crippen LogP contribution in [0.2, 0.25) is 0 Å². The van der Waals surface area contributed by atoms with Gasteiger partial charge in [0.25, 0.3) is 0 Å². The highest BCUT2D eigenvalue weighted by Gasteiger charge is 2.09. The van der Waals surface area contributed by atoms with Crippen LogP contribution in [0, 0.1) is 0 Å². The number of halogens is 1. The van der Waals surface area contributed by atoms with Crippen molar-refractivity contribution in [2.24, 2.45) is 0 Å². The average Bonchev–Trinajstić information content (AvgIpc) is 2.29. The highest BCUT2D eigenvalue weighted by molar-refractivity contribution is 6.26. The zero-order valence-electron chi connectivity index (χ0n) is 8.48. The molecule has 0 spiro atoms. The highest BCUT2D eigenvalue weighted by Crippen LogP contribution is 2.09. The maximum atomic E-state index is 10.8. The highest BCUT2D eigenvalue weighted by atomic mass is 35.5. The Morgan fingerprint density at radius 2 is 2.00 bits per heavy atom. The molecule has 0 radical (unpaired) electrons. The van der Waals surface area contributed by atoms with Gasteiger partial charge in [-0.3, -0.25) is 4.79 Å². The van der Waals surface area contributed by atoms with E-state index in [0.717, 1.165) is 0 Å². The average molecular weight is 243 g/mol. The van der Waals surface area contributed by atoms with Crippen LogP contribution in [0.25, 0.3) is 0 Å². The van der Waals surface area contributed by atoms with Crippen molar-refractivity contribution < 1.29 is 19.4 Å². The van der Waals surface area contributed by atoms with E-state index in [2.05, 4.69) is 0 Å². The van der Waals surface area contributed by atoms with Crippen LogP contribution in [-0.4, -0.2) is 29.5 Å². The minimum absolute atomic E-state index is 0.135. The third kappa shape index (κ3) is 3.55. The van der Waals surface area contributed by atoms with E-state index in [4.69, 9.17) is 21.4 Å². The molecule has 4 nitrogen and oxygen atoms in total. The molecule has 0 fully saturated rings. The Labute approximate surface area is 97.8 Å². The second-order valence-electron chi connectivity index (χ2n) is 3.07. The number of hydrogen-bond donors (Lipinski definition) is 1. The predicted molar refractivity (Wildman–Crippen MR) is 58.8 cm³/mol. The molecule has 1 aromatic rings. The largest absolute Gasteiger partial charge is 0.478 e. The van der Waals surface area contributed by atoms with Gasteiger partial charge in [-0.25, -0.2) is 4.79 Å². The van der Waals surface area contributed by atoms with E-state index in [1.54, 1.807) is 18.2 Å². The number of aromatic carboxylic acids is 1. The molecule has 16 heavy (non-hydrogen) atoms. The van der Waals surface area contributed by atoms with Crippen molar-refractivity contribution in [2.75, 3.05) is 12.5 Å². The molecule has 1 N–H and O–H groups in total. The lowest BCUT2D eigenvalue weighted by atomic mass is 10.1. The molecule has 0 aliphatic heterocycles. The molecule has 0 heterocycles. The van der Waals surface area contributed by atoms with Gasteiger partial charge in [0, 0.05) is 6.42 Å². The summed E-state index contributed by atoms with van der Waals surface area (Å²) in [5.41, 5.74) is 0.863. The Kier molecular flexibility index (Phi) is 4.79. The fourth-order valence-electron chi connectivity index (χ4n) is 1.26. The van der Waals surface area contributed by atoms with E-state index in [9.17, 15) is 9.59 Å². The fourth-order valence-corrected chi connectivity index (χ4v) is 1.34. The van der Waals surface area contributed by atoms with Crippen molar-refractivity contribution in [3.8, 4) is 0 Å². The van der Waals surface area contributed by atoms with Crippen LogP contribution in [0.15, 0.2) is 24.3 Å². The number of ether oxygens (including phenoxy) is 1. The SMILES string of the molecule is O=C(CCl)OCCc1ccccc1C(=O)O. The van der Waals surface area contributed by atoms with E-state index in [1.165, 1.54) is 6.07 Å². The van der Waals surface area contributed by atoms with Gasteiger partial charge in [-0.05, 0) is 11.6 Å². The van der Waals surface area contributed by atoms with Gasteiger partial charge < -0.3 is 9.84 Å². The zero-order chi connectivity index (χ0) is 12.0. The van der Waals surface area contributed by atoms with Gasteiger partial charge in [-0.15, -0.1) is 11.6 Å². The van der Waals surface area contributed by atoms with Gasteiger partial charge in [-0.1, -0.05) is 18.2 Å². The van der Waals surface area contributed by atoms with Gasteiger partial charge in [0.1, 0.15) is 5.88 Å². The summed E-state index contributed by atoms with van der Waals surface area (Å²) in [6, 6.07) is 6.60. The van der Waals surface area contributed by atoms with Crippen LogP contribution in [-0.2, 0) is 16.0 Å². The Bertz CT molecular complexity index is 389. The molecule has 1 rings (SSSR count). The van der Waals surface area contributed by atoms with Crippen LogP contribution < -0.4 is 0 Å². The topological polar surface area (TPSA) is 63.6 Å². The van der Waals surface area contributed by atoms with E-state index >= 15 is 0 Å². The van der Waals surface area contributed by atoms with Crippen LogP contribution in [0.1, 0.15) is 15.9 Å². The van der Waals surface area contributed by atoms with Gasteiger partial charge in [-0.2, -0.15) is 0 Å². The van der Waals surface area contributed by atoms with Gasteiger partial charge in [0.2, 0.25) is 0 Å². The molecular weight excluding hydrogens is 232 g/mol. The summed E-state index contributed by atoms with van der Waals surface area (Å²) in [5.74, 6) is -1.69. The van der Waals surface area contributed by atoms with Crippen molar-refractivity contribution in [1.82, 2.24) is 0 Å². The van der Waals surface area contributed by atoms with Gasteiger partial charge in [0.15, 0.2) is 0 Å². The number of rotatable bonds is 5. The van der Waals surface area contributed by atoms with Crippen molar-refractivity contribution in [3.05, 3.63) is 35.4 Å². The minimum Gasteiger partial charge on any atom is -0.478 e. The Hall–Kier alpha value is -1.55. The molecule has 0 atom stereocenters. The number of hydrogen-bond acceptors (Lipinski definition) is 3. The van der Waals surface area contributed by atoms with Crippen LogP contribution >= 0.6 is 11.6 Å². The molecule has 1 aromatic carbocycles. The maximum absolute atomic E-state index is 10.8. The third-order valence-corrected chi connectivity index (χ3v) is 2.21. The van der Waals surface area contributed by atoms with Gasteiger partial charge >= 0.3 is 11.9 Å². The van der Waals surface area contributed by atoms with Crippen molar-refractivity contribution in [2.45, 2.75) is 6.42 Å². The number of benzene rings is 1. The molecule has 86 valence electrons. The number of alkyl halides is 1. The lowest BCUT2D eigenvalue weighted by Gasteiger charge is -2.06. The van der Waals surface area contributed by atoms with Crippen LogP contribution in [0.4, 0.5) is 0 Å². The molecule has 0 aromatic heterocycles. The lowest BCUT2D eigenvalue weighted by molar-refractivity contribution is -0.140. The minimum atomic E-state index is -0.987. The summed E-state index contributed by atoms with van der Waals surface area (Å²) in [6.45, 7) is 0.135. The number of carbonyl (C=O) groups is 2. The summed E-state index contributed by atoms with van der Waals surface area (Å²) < 4.78 is 4.77.